The first-order valence-electron chi connectivity index (χ1n) is 6.27. The molecular weight excluding hydrogens is 257 g/mol. The van der Waals surface area contributed by atoms with Crippen LogP contribution in [0.5, 0.6) is 5.75 Å². The van der Waals surface area contributed by atoms with Gasteiger partial charge in [-0.3, -0.25) is 4.90 Å². The van der Waals surface area contributed by atoms with Crippen LogP contribution in [0.2, 0.25) is 0 Å². The van der Waals surface area contributed by atoms with Crippen molar-refractivity contribution >= 4 is 0 Å². The average molecular weight is 274 g/mol. The number of alkyl halides is 3. The lowest BCUT2D eigenvalue weighted by atomic mass is 10.1. The summed E-state index contributed by atoms with van der Waals surface area (Å²) in [7, 11) is 0. The third kappa shape index (κ3) is 3.61. The molecular formula is C13H17F3N2O. The van der Waals surface area contributed by atoms with E-state index in [-0.39, 0.29) is 18.8 Å². The molecule has 0 aliphatic carbocycles. The van der Waals surface area contributed by atoms with E-state index in [0.717, 1.165) is 0 Å². The zero-order valence-corrected chi connectivity index (χ0v) is 10.5. The quantitative estimate of drug-likeness (QED) is 0.867. The minimum atomic E-state index is -4.26. The van der Waals surface area contributed by atoms with Crippen LogP contribution in [-0.2, 0) is 6.54 Å². The molecule has 0 amide bonds. The summed E-state index contributed by atoms with van der Waals surface area (Å²) in [6.45, 7) is 0.963. The van der Waals surface area contributed by atoms with Gasteiger partial charge in [-0.25, -0.2) is 0 Å². The highest BCUT2D eigenvalue weighted by molar-refractivity contribution is 5.31. The number of phenolic OH excluding ortho intramolecular Hbond substituents is 1. The number of para-hydroxylation sites is 1. The summed E-state index contributed by atoms with van der Waals surface area (Å²) in [5.74, 6) is 0.0423. The van der Waals surface area contributed by atoms with Gasteiger partial charge in [0.1, 0.15) is 11.8 Å². The van der Waals surface area contributed by atoms with Crippen molar-refractivity contribution in [1.29, 1.82) is 0 Å². The van der Waals surface area contributed by atoms with E-state index < -0.39 is 12.2 Å². The molecule has 1 unspecified atom stereocenters. The van der Waals surface area contributed by atoms with Crippen LogP contribution in [0.15, 0.2) is 24.3 Å². The van der Waals surface area contributed by atoms with Gasteiger partial charge < -0.3 is 10.4 Å². The Balaban J connectivity index is 2.17. The van der Waals surface area contributed by atoms with Gasteiger partial charge in [-0.1, -0.05) is 18.2 Å². The largest absolute Gasteiger partial charge is 0.508 e. The average Bonchev–Trinajstić information content (AvgIpc) is 2.57. The molecule has 1 saturated heterocycles. The molecule has 1 atom stereocenters. The second kappa shape index (κ2) is 5.79. The van der Waals surface area contributed by atoms with Crippen LogP contribution in [0, 0.1) is 0 Å². The molecule has 2 rings (SSSR count). The van der Waals surface area contributed by atoms with E-state index in [1.807, 2.05) is 0 Å². The van der Waals surface area contributed by atoms with Crippen LogP contribution in [0.25, 0.3) is 0 Å². The molecule has 0 aromatic heterocycles. The summed E-state index contributed by atoms with van der Waals surface area (Å²) in [5, 5.41) is 12.5. The molecule has 106 valence electrons. The number of hydrogen-bond acceptors (Lipinski definition) is 3. The van der Waals surface area contributed by atoms with Crippen molar-refractivity contribution in [3.05, 3.63) is 29.8 Å². The Morgan fingerprint density at radius 2 is 2.05 bits per heavy atom. The molecule has 0 spiro atoms. The van der Waals surface area contributed by atoms with E-state index in [0.29, 0.717) is 25.1 Å². The number of phenols is 1. The zero-order chi connectivity index (χ0) is 13.9. The van der Waals surface area contributed by atoms with Crippen LogP contribution in [0.3, 0.4) is 0 Å². The fraction of sp³-hybridized carbons (Fsp3) is 0.538. The van der Waals surface area contributed by atoms with Gasteiger partial charge in [0.05, 0.1) is 0 Å². The molecule has 1 aliphatic rings. The minimum Gasteiger partial charge on any atom is -0.508 e. The van der Waals surface area contributed by atoms with Gasteiger partial charge >= 0.3 is 6.18 Å². The fourth-order valence-electron chi connectivity index (χ4n) is 2.31. The monoisotopic (exact) mass is 274 g/mol. The van der Waals surface area contributed by atoms with Gasteiger partial charge in [-0.05, 0) is 19.0 Å². The SMILES string of the molecule is Oc1ccccc1CN1CCCNCC1C(F)(F)F. The first-order chi connectivity index (χ1) is 8.98. The van der Waals surface area contributed by atoms with E-state index in [2.05, 4.69) is 5.32 Å². The standard InChI is InChI=1S/C13H17F3N2O/c14-13(15,16)12-8-17-6-3-7-18(12)9-10-4-1-2-5-11(10)19/h1-2,4-5,12,17,19H,3,6-9H2. The maximum atomic E-state index is 13.0. The van der Waals surface area contributed by atoms with Crippen LogP contribution in [0.4, 0.5) is 13.2 Å². The number of rotatable bonds is 2. The lowest BCUT2D eigenvalue weighted by molar-refractivity contribution is -0.182. The molecule has 1 aliphatic heterocycles. The van der Waals surface area contributed by atoms with Gasteiger partial charge in [0.25, 0.3) is 0 Å². The Morgan fingerprint density at radius 3 is 2.74 bits per heavy atom. The smallest absolute Gasteiger partial charge is 0.405 e. The molecule has 1 fully saturated rings. The number of nitrogens with one attached hydrogen (secondary N) is 1. The number of benzene rings is 1. The fourth-order valence-corrected chi connectivity index (χ4v) is 2.31. The van der Waals surface area contributed by atoms with Gasteiger partial charge in [0.2, 0.25) is 0 Å². The van der Waals surface area contributed by atoms with Crippen LogP contribution < -0.4 is 5.32 Å². The Labute approximate surface area is 110 Å². The summed E-state index contributed by atoms with van der Waals surface area (Å²) in [6.07, 6.45) is -3.60. The van der Waals surface area contributed by atoms with Crippen LogP contribution >= 0.6 is 0 Å². The topological polar surface area (TPSA) is 35.5 Å². The zero-order valence-electron chi connectivity index (χ0n) is 10.5. The van der Waals surface area contributed by atoms with E-state index >= 15 is 0 Å². The Bertz CT molecular complexity index is 423. The lowest BCUT2D eigenvalue weighted by Crippen LogP contribution is -2.49. The molecule has 0 saturated carbocycles. The highest BCUT2D eigenvalue weighted by atomic mass is 19.4. The van der Waals surface area contributed by atoms with Crippen molar-refractivity contribution in [2.24, 2.45) is 0 Å². The normalized spacial score (nSPS) is 22.2. The first-order valence-corrected chi connectivity index (χ1v) is 6.27. The minimum absolute atomic E-state index is 0.0423. The summed E-state index contributed by atoms with van der Waals surface area (Å²) in [6, 6.07) is 5.02. The Hall–Kier alpha value is -1.27. The summed E-state index contributed by atoms with van der Waals surface area (Å²) in [5.41, 5.74) is 0.527. The van der Waals surface area contributed by atoms with E-state index in [9.17, 15) is 18.3 Å². The van der Waals surface area contributed by atoms with Gasteiger partial charge in [0, 0.05) is 25.2 Å². The van der Waals surface area contributed by atoms with Crippen molar-refractivity contribution in [3.63, 3.8) is 0 Å². The first kappa shape index (κ1) is 14.1. The third-order valence-electron chi connectivity index (χ3n) is 3.32. The summed E-state index contributed by atoms with van der Waals surface area (Å²) >= 11 is 0. The summed E-state index contributed by atoms with van der Waals surface area (Å²) < 4.78 is 39.1. The van der Waals surface area contributed by atoms with E-state index in [1.165, 1.54) is 11.0 Å². The number of nitrogens with zero attached hydrogens (tertiary/aromatic N) is 1. The number of halogens is 3. The lowest BCUT2D eigenvalue weighted by Gasteiger charge is -2.31. The molecule has 2 N–H and O–H groups in total. The van der Waals surface area contributed by atoms with Crippen molar-refractivity contribution in [3.8, 4) is 5.75 Å². The van der Waals surface area contributed by atoms with Gasteiger partial charge in [-0.15, -0.1) is 0 Å². The molecule has 19 heavy (non-hydrogen) atoms. The molecule has 0 radical (unpaired) electrons. The Morgan fingerprint density at radius 1 is 1.32 bits per heavy atom. The van der Waals surface area contributed by atoms with E-state index in [1.54, 1.807) is 18.2 Å². The van der Waals surface area contributed by atoms with Gasteiger partial charge in [0.15, 0.2) is 0 Å². The molecule has 1 aromatic carbocycles. The maximum absolute atomic E-state index is 13.0. The second-order valence-electron chi connectivity index (χ2n) is 4.71. The highest BCUT2D eigenvalue weighted by Crippen LogP contribution is 2.28. The predicted molar refractivity (Wildman–Crippen MR) is 65.8 cm³/mol. The van der Waals surface area contributed by atoms with Crippen LogP contribution in [0.1, 0.15) is 12.0 Å². The number of hydrogen-bond donors (Lipinski definition) is 2. The summed E-state index contributed by atoms with van der Waals surface area (Å²) in [4.78, 5) is 1.38. The van der Waals surface area contributed by atoms with Crippen LogP contribution in [-0.4, -0.2) is 41.9 Å². The van der Waals surface area contributed by atoms with Crippen molar-refractivity contribution in [1.82, 2.24) is 10.2 Å². The molecule has 3 nitrogen and oxygen atoms in total. The van der Waals surface area contributed by atoms with E-state index in [4.69, 9.17) is 0 Å². The van der Waals surface area contributed by atoms with Gasteiger partial charge in [-0.2, -0.15) is 13.2 Å². The number of aromatic hydroxyl groups is 1. The van der Waals surface area contributed by atoms with Crippen molar-refractivity contribution < 1.29 is 18.3 Å². The highest BCUT2D eigenvalue weighted by Gasteiger charge is 2.43. The molecule has 0 bridgehead atoms. The second-order valence-corrected chi connectivity index (χ2v) is 4.71. The predicted octanol–water partition coefficient (Wildman–Crippen LogP) is 2.12. The molecule has 6 heteroatoms. The maximum Gasteiger partial charge on any atom is 0.405 e. The molecule has 1 aromatic rings. The van der Waals surface area contributed by atoms with Crippen molar-refractivity contribution in [2.45, 2.75) is 25.2 Å². The molecule has 1 heterocycles. The third-order valence-corrected chi connectivity index (χ3v) is 3.32. The Kier molecular flexibility index (Phi) is 4.31. The van der Waals surface area contributed by atoms with Crippen molar-refractivity contribution in [2.75, 3.05) is 19.6 Å².